The summed E-state index contributed by atoms with van der Waals surface area (Å²) in [5.74, 6) is -1.68. The maximum absolute atomic E-state index is 14.6. The maximum Gasteiger partial charge on any atom is 0.293 e. The smallest absolute Gasteiger partial charge is 0.293 e. The van der Waals surface area contributed by atoms with Gasteiger partial charge < -0.3 is 14.6 Å². The number of hydroxylamine groups is 1. The Morgan fingerprint density at radius 3 is 2.55 bits per heavy atom. The molecule has 0 radical (unpaired) electrons. The predicted octanol–water partition coefficient (Wildman–Crippen LogP) is 4.17. The second-order valence-electron chi connectivity index (χ2n) is 11.7. The van der Waals surface area contributed by atoms with Crippen molar-refractivity contribution in [1.82, 2.24) is 24.8 Å². The van der Waals surface area contributed by atoms with Crippen LogP contribution in [0.15, 0.2) is 67.0 Å². The van der Waals surface area contributed by atoms with Crippen LogP contribution in [0.2, 0.25) is 0 Å². The van der Waals surface area contributed by atoms with Crippen molar-refractivity contribution in [1.29, 1.82) is 0 Å². The molecule has 2 aliphatic rings. The van der Waals surface area contributed by atoms with E-state index in [1.54, 1.807) is 17.2 Å². The number of likely N-dealkylation sites (tertiary alicyclic amines) is 2. The molecule has 11 heteroatoms. The molecular formula is C33H35F2N5O4. The highest BCUT2D eigenvalue weighted by Gasteiger charge is 2.36. The summed E-state index contributed by atoms with van der Waals surface area (Å²) < 4.78 is 30.0. The lowest BCUT2D eigenvalue weighted by atomic mass is 9.90. The van der Waals surface area contributed by atoms with Gasteiger partial charge in [-0.3, -0.25) is 19.3 Å². The quantitative estimate of drug-likeness (QED) is 0.264. The van der Waals surface area contributed by atoms with E-state index in [0.29, 0.717) is 63.1 Å². The van der Waals surface area contributed by atoms with Crippen LogP contribution in [-0.4, -0.2) is 68.1 Å². The summed E-state index contributed by atoms with van der Waals surface area (Å²) in [7, 11) is 0. The number of halogens is 2. The molecule has 2 aliphatic heterocycles. The van der Waals surface area contributed by atoms with Crippen LogP contribution in [0.1, 0.15) is 52.9 Å². The summed E-state index contributed by atoms with van der Waals surface area (Å²) in [6, 6.07) is 14.7. The van der Waals surface area contributed by atoms with E-state index >= 15 is 0 Å². The zero-order valence-electron chi connectivity index (χ0n) is 24.3. The van der Waals surface area contributed by atoms with Crippen molar-refractivity contribution in [2.24, 2.45) is 0 Å². The molecule has 44 heavy (non-hydrogen) atoms. The minimum atomic E-state index is -0.917. The number of piperidine rings is 1. The first-order valence-electron chi connectivity index (χ1n) is 14.9. The molecule has 0 unspecified atom stereocenters. The van der Waals surface area contributed by atoms with Crippen molar-refractivity contribution in [3.8, 4) is 0 Å². The summed E-state index contributed by atoms with van der Waals surface area (Å²) in [4.78, 5) is 38.8. The number of β-amino-alcohol motifs (C(OH)–C–C–N with tert-alkyl or cyclic N) is 1. The number of hydrogen-bond donors (Lipinski definition) is 2. The van der Waals surface area contributed by atoms with Gasteiger partial charge in [-0.2, -0.15) is 0 Å². The number of rotatable bonds is 10. The predicted molar refractivity (Wildman–Crippen MR) is 159 cm³/mol. The molecule has 2 saturated heterocycles. The molecule has 6 rings (SSSR count). The number of benzene rings is 2. The Kier molecular flexibility index (Phi) is 8.69. The second kappa shape index (κ2) is 12.8. The van der Waals surface area contributed by atoms with Gasteiger partial charge in [0.1, 0.15) is 17.3 Å². The molecule has 0 atom stereocenters. The zero-order valence-corrected chi connectivity index (χ0v) is 24.3. The molecule has 0 bridgehead atoms. The van der Waals surface area contributed by atoms with E-state index in [0.717, 1.165) is 29.0 Å². The molecule has 2 N–H and O–H groups in total. The first-order chi connectivity index (χ1) is 21.3. The first-order valence-corrected chi connectivity index (χ1v) is 14.9. The van der Waals surface area contributed by atoms with Crippen LogP contribution in [0.5, 0.6) is 0 Å². The van der Waals surface area contributed by atoms with Gasteiger partial charge in [-0.05, 0) is 42.5 Å². The van der Waals surface area contributed by atoms with Crippen LogP contribution in [0.4, 0.5) is 8.78 Å². The summed E-state index contributed by atoms with van der Waals surface area (Å²) in [6.45, 7) is 3.20. The molecule has 2 fully saturated rings. The third-order valence-corrected chi connectivity index (χ3v) is 8.52. The summed E-state index contributed by atoms with van der Waals surface area (Å²) in [6.07, 6.45) is 5.93. The minimum absolute atomic E-state index is 0.102. The zero-order chi connectivity index (χ0) is 30.7. The van der Waals surface area contributed by atoms with Crippen molar-refractivity contribution in [3.63, 3.8) is 0 Å². The van der Waals surface area contributed by atoms with Gasteiger partial charge in [0.05, 0.1) is 30.5 Å². The van der Waals surface area contributed by atoms with E-state index in [2.05, 4.69) is 15.4 Å². The van der Waals surface area contributed by atoms with Gasteiger partial charge in [0.25, 0.3) is 5.91 Å². The largest absolute Gasteiger partial charge is 0.388 e. The average molecular weight is 604 g/mol. The lowest BCUT2D eigenvalue weighted by molar-refractivity contribution is -0.132. The number of fused-ring (bicyclic) bond motifs is 1. The number of nitrogens with one attached hydrogen (secondary N) is 1. The van der Waals surface area contributed by atoms with E-state index in [1.165, 1.54) is 12.1 Å². The van der Waals surface area contributed by atoms with E-state index in [-0.39, 0.29) is 24.8 Å². The molecule has 0 saturated carbocycles. The number of nitrogens with zero attached hydrogens (tertiary/aromatic N) is 4. The Hall–Kier alpha value is -4.19. The molecule has 4 aromatic rings. The standard InChI is InChI=1S/C33H35F2N5O4/c34-26-9-8-24(28(35)15-26)19-40-20-25(18-38-13-10-33(43,11-14-38)22-39-12-4-7-31(39)41)27-16-29(36-17-30(27)40)32(42)37-44-21-23-5-2-1-3-6-23/h1-3,5-6,8-9,15-17,20,43H,4,7,10-14,18-19,21-22H2,(H,37,42). The van der Waals surface area contributed by atoms with Crippen LogP contribution in [-0.2, 0) is 29.3 Å². The van der Waals surface area contributed by atoms with Gasteiger partial charge in [0.2, 0.25) is 5.91 Å². The van der Waals surface area contributed by atoms with Gasteiger partial charge in [-0.15, -0.1) is 0 Å². The van der Waals surface area contributed by atoms with Crippen molar-refractivity contribution in [3.05, 3.63) is 101 Å². The van der Waals surface area contributed by atoms with Crippen LogP contribution in [0.25, 0.3) is 10.9 Å². The summed E-state index contributed by atoms with van der Waals surface area (Å²) in [5.41, 5.74) is 4.54. The van der Waals surface area contributed by atoms with Gasteiger partial charge in [-0.1, -0.05) is 36.4 Å². The Balaban J connectivity index is 1.20. The van der Waals surface area contributed by atoms with E-state index in [9.17, 15) is 23.5 Å². The van der Waals surface area contributed by atoms with Crippen molar-refractivity contribution < 1.29 is 28.3 Å². The van der Waals surface area contributed by atoms with Gasteiger partial charge in [0.15, 0.2) is 0 Å². The van der Waals surface area contributed by atoms with Crippen molar-refractivity contribution in [2.45, 2.75) is 51.0 Å². The number of aliphatic hydroxyl groups is 1. The SMILES string of the molecule is O=C(NOCc1ccccc1)c1cc2c(CN3CCC(O)(CN4CCCC4=O)CC3)cn(Cc3ccc(F)cc3F)c2cn1. The van der Waals surface area contributed by atoms with E-state index in [1.807, 2.05) is 41.1 Å². The van der Waals surface area contributed by atoms with Crippen molar-refractivity contribution in [2.75, 3.05) is 26.2 Å². The lowest BCUT2D eigenvalue weighted by Crippen LogP contribution is -2.51. The first kappa shape index (κ1) is 29.9. The summed E-state index contributed by atoms with van der Waals surface area (Å²) >= 11 is 0. The Morgan fingerprint density at radius 1 is 1.02 bits per heavy atom. The fourth-order valence-electron chi connectivity index (χ4n) is 6.04. The van der Waals surface area contributed by atoms with Crippen LogP contribution < -0.4 is 5.48 Å². The summed E-state index contributed by atoms with van der Waals surface area (Å²) in [5, 5.41) is 12.0. The topological polar surface area (TPSA) is 99.9 Å². The Morgan fingerprint density at radius 2 is 1.82 bits per heavy atom. The fraction of sp³-hybridized carbons (Fsp3) is 0.364. The van der Waals surface area contributed by atoms with Gasteiger partial charge >= 0.3 is 0 Å². The molecule has 2 aromatic carbocycles. The number of hydrogen-bond acceptors (Lipinski definition) is 6. The molecule has 2 amide bonds. The third kappa shape index (κ3) is 6.80. The number of amides is 2. The molecule has 0 aliphatic carbocycles. The van der Waals surface area contributed by atoms with Crippen LogP contribution in [0.3, 0.4) is 0 Å². The van der Waals surface area contributed by atoms with Crippen LogP contribution in [0, 0.1) is 11.6 Å². The van der Waals surface area contributed by atoms with Gasteiger partial charge in [0, 0.05) is 62.4 Å². The second-order valence-corrected chi connectivity index (χ2v) is 11.7. The number of aromatic nitrogens is 2. The number of carbonyl (C=O) groups is 2. The molecule has 4 heterocycles. The molecule has 0 spiro atoms. The normalized spacial score (nSPS) is 17.0. The molecule has 9 nitrogen and oxygen atoms in total. The molecule has 230 valence electrons. The number of pyridine rings is 1. The highest BCUT2D eigenvalue weighted by molar-refractivity contribution is 5.96. The van der Waals surface area contributed by atoms with Gasteiger partial charge in [-0.25, -0.2) is 19.2 Å². The monoisotopic (exact) mass is 603 g/mol. The third-order valence-electron chi connectivity index (χ3n) is 8.52. The molecule has 2 aromatic heterocycles. The average Bonchev–Trinajstić information content (AvgIpc) is 3.57. The van der Waals surface area contributed by atoms with Crippen molar-refractivity contribution >= 4 is 22.7 Å². The van der Waals surface area contributed by atoms with E-state index in [4.69, 9.17) is 4.84 Å². The number of carbonyl (C=O) groups excluding carboxylic acids is 2. The highest BCUT2D eigenvalue weighted by Crippen LogP contribution is 2.29. The Labute approximate surface area is 254 Å². The van der Waals surface area contributed by atoms with E-state index < -0.39 is 23.1 Å². The molecular weight excluding hydrogens is 568 g/mol. The lowest BCUT2D eigenvalue weighted by Gasteiger charge is -2.40. The minimum Gasteiger partial charge on any atom is -0.388 e. The highest BCUT2D eigenvalue weighted by atomic mass is 19.1. The Bertz CT molecular complexity index is 1650. The fourth-order valence-corrected chi connectivity index (χ4v) is 6.04. The van der Waals surface area contributed by atoms with Crippen LogP contribution >= 0.6 is 0 Å². The maximum atomic E-state index is 14.6.